The van der Waals surface area contributed by atoms with Gasteiger partial charge in [0, 0.05) is 25.2 Å². The second-order valence-electron chi connectivity index (χ2n) is 4.50. The van der Waals surface area contributed by atoms with Gasteiger partial charge in [-0.3, -0.25) is 4.40 Å². The van der Waals surface area contributed by atoms with Crippen LogP contribution in [0, 0.1) is 0 Å². The first-order chi connectivity index (χ1) is 9.52. The molecule has 0 saturated heterocycles. The summed E-state index contributed by atoms with van der Waals surface area (Å²) in [6.07, 6.45) is 4.57. The molecule has 3 N–H and O–H groups in total. The molecule has 0 fully saturated rings. The smallest absolute Gasteiger partial charge is 0.262 e. The zero-order chi connectivity index (χ0) is 14.8. The number of hydrazine groups is 1. The lowest BCUT2D eigenvalue weighted by atomic mass is 10.2. The zero-order valence-electron chi connectivity index (χ0n) is 11.5. The monoisotopic (exact) mass is 317 g/mol. The molecule has 7 nitrogen and oxygen atoms in total. The first kappa shape index (κ1) is 15.2. The minimum atomic E-state index is -3.62. The van der Waals surface area contributed by atoms with Crippen LogP contribution in [0.25, 0.3) is 4.96 Å². The molecule has 0 amide bonds. The Hall–Kier alpha value is -1.16. The predicted molar refractivity (Wildman–Crippen MR) is 80.2 cm³/mol. The Balaban J connectivity index is 2.37. The molecule has 0 unspecified atom stereocenters. The zero-order valence-corrected chi connectivity index (χ0v) is 13.2. The normalized spacial score (nSPS) is 12.4. The number of thiazole rings is 1. The second kappa shape index (κ2) is 6.08. The van der Waals surface area contributed by atoms with E-state index in [9.17, 15) is 8.42 Å². The quantitative estimate of drug-likeness (QED) is 0.458. The Morgan fingerprint density at radius 3 is 2.90 bits per heavy atom. The van der Waals surface area contributed by atoms with Gasteiger partial charge in [0.05, 0.1) is 0 Å². The Bertz CT molecular complexity index is 676. The third-order valence-electron chi connectivity index (χ3n) is 3.09. The molecule has 2 heterocycles. The molecule has 0 aliphatic rings. The molecule has 0 spiro atoms. The topological polar surface area (TPSA) is 92.7 Å². The van der Waals surface area contributed by atoms with E-state index >= 15 is 0 Å². The fourth-order valence-corrected chi connectivity index (χ4v) is 4.14. The van der Waals surface area contributed by atoms with E-state index in [4.69, 9.17) is 5.84 Å². The molecule has 0 aromatic carbocycles. The van der Waals surface area contributed by atoms with E-state index in [0.717, 1.165) is 19.3 Å². The van der Waals surface area contributed by atoms with Crippen molar-refractivity contribution < 1.29 is 8.42 Å². The number of nitrogen functional groups attached to an aromatic ring is 1. The van der Waals surface area contributed by atoms with E-state index < -0.39 is 10.0 Å². The standard InChI is InChI=1S/C11H19N5O2S2/c1-3-4-5-6-15(2)20(17,18)10-9(14-12)13-11-16(10)7-8-19-11/h7-8,14H,3-6,12H2,1-2H3. The van der Waals surface area contributed by atoms with Gasteiger partial charge in [0.15, 0.2) is 10.8 Å². The summed E-state index contributed by atoms with van der Waals surface area (Å²) in [4.78, 5) is 4.77. The lowest BCUT2D eigenvalue weighted by Crippen LogP contribution is -2.30. The van der Waals surface area contributed by atoms with Crippen LogP contribution in [0.5, 0.6) is 0 Å². The Kier molecular flexibility index (Phi) is 4.63. The van der Waals surface area contributed by atoms with Crippen molar-refractivity contribution in [3.8, 4) is 0 Å². The predicted octanol–water partition coefficient (Wildman–Crippen LogP) is 1.49. The minimum Gasteiger partial charge on any atom is -0.306 e. The summed E-state index contributed by atoms with van der Waals surface area (Å²) in [5.41, 5.74) is 2.37. The fraction of sp³-hybridized carbons (Fsp3) is 0.545. The number of rotatable bonds is 7. The number of hydrogen-bond acceptors (Lipinski definition) is 6. The number of anilines is 1. The molecule has 0 saturated carbocycles. The number of nitrogens with zero attached hydrogens (tertiary/aromatic N) is 3. The summed E-state index contributed by atoms with van der Waals surface area (Å²) in [6, 6.07) is 0. The van der Waals surface area contributed by atoms with Gasteiger partial charge in [0.2, 0.25) is 5.03 Å². The molecule has 112 valence electrons. The Morgan fingerprint density at radius 2 is 2.25 bits per heavy atom. The summed E-state index contributed by atoms with van der Waals surface area (Å²) in [7, 11) is -2.04. The van der Waals surface area contributed by atoms with Gasteiger partial charge in [0.25, 0.3) is 10.0 Å². The summed E-state index contributed by atoms with van der Waals surface area (Å²) < 4.78 is 28.2. The largest absolute Gasteiger partial charge is 0.306 e. The molecule has 0 bridgehead atoms. The van der Waals surface area contributed by atoms with Crippen LogP contribution in [0.4, 0.5) is 5.82 Å². The highest BCUT2D eigenvalue weighted by atomic mass is 32.2. The fourth-order valence-electron chi connectivity index (χ4n) is 1.96. The summed E-state index contributed by atoms with van der Waals surface area (Å²) in [6.45, 7) is 2.56. The molecule has 0 atom stereocenters. The molecule has 0 radical (unpaired) electrons. The van der Waals surface area contributed by atoms with Gasteiger partial charge < -0.3 is 5.43 Å². The van der Waals surface area contributed by atoms with E-state index in [1.54, 1.807) is 23.0 Å². The van der Waals surface area contributed by atoms with Crippen LogP contribution in [0.15, 0.2) is 16.6 Å². The molecule has 2 aromatic rings. The third kappa shape index (κ3) is 2.66. The van der Waals surface area contributed by atoms with Crippen LogP contribution in [0.3, 0.4) is 0 Å². The second-order valence-corrected chi connectivity index (χ2v) is 7.33. The van der Waals surface area contributed by atoms with Gasteiger partial charge in [-0.15, -0.1) is 11.3 Å². The average Bonchev–Trinajstić information content (AvgIpc) is 2.97. The molecule has 0 aliphatic heterocycles. The van der Waals surface area contributed by atoms with Gasteiger partial charge >= 0.3 is 0 Å². The lowest BCUT2D eigenvalue weighted by molar-refractivity contribution is 0.451. The Labute approximate surface area is 122 Å². The molecular formula is C11H19N5O2S2. The van der Waals surface area contributed by atoms with E-state index in [2.05, 4.69) is 17.3 Å². The van der Waals surface area contributed by atoms with Crippen molar-refractivity contribution in [1.29, 1.82) is 0 Å². The summed E-state index contributed by atoms with van der Waals surface area (Å²) >= 11 is 1.36. The molecule has 0 aliphatic carbocycles. The van der Waals surface area contributed by atoms with Crippen molar-refractivity contribution in [2.24, 2.45) is 5.84 Å². The number of imidazole rings is 1. The van der Waals surface area contributed by atoms with Crippen LogP contribution in [0.2, 0.25) is 0 Å². The van der Waals surface area contributed by atoms with Crippen molar-refractivity contribution in [3.05, 3.63) is 11.6 Å². The highest BCUT2D eigenvalue weighted by Gasteiger charge is 2.29. The average molecular weight is 317 g/mol. The molecular weight excluding hydrogens is 298 g/mol. The number of unbranched alkanes of at least 4 members (excludes halogenated alkanes) is 2. The summed E-state index contributed by atoms with van der Waals surface area (Å²) in [5.74, 6) is 5.57. The van der Waals surface area contributed by atoms with Crippen LogP contribution < -0.4 is 11.3 Å². The van der Waals surface area contributed by atoms with E-state index in [-0.39, 0.29) is 10.8 Å². The van der Waals surface area contributed by atoms with E-state index in [1.165, 1.54) is 15.6 Å². The lowest BCUT2D eigenvalue weighted by Gasteiger charge is -2.17. The molecule has 20 heavy (non-hydrogen) atoms. The van der Waals surface area contributed by atoms with Crippen LogP contribution in [-0.4, -0.2) is 35.7 Å². The van der Waals surface area contributed by atoms with Crippen molar-refractivity contribution in [2.75, 3.05) is 19.0 Å². The number of fused-ring (bicyclic) bond motifs is 1. The highest BCUT2D eigenvalue weighted by Crippen LogP contribution is 2.27. The van der Waals surface area contributed by atoms with E-state index in [1.807, 2.05) is 0 Å². The van der Waals surface area contributed by atoms with Gasteiger partial charge in [0.1, 0.15) is 0 Å². The SMILES string of the molecule is CCCCCN(C)S(=O)(=O)c1c(NN)nc2sccn12. The molecule has 2 aromatic heterocycles. The maximum atomic E-state index is 12.7. The highest BCUT2D eigenvalue weighted by molar-refractivity contribution is 7.89. The van der Waals surface area contributed by atoms with Crippen molar-refractivity contribution >= 4 is 32.1 Å². The van der Waals surface area contributed by atoms with Crippen LogP contribution >= 0.6 is 11.3 Å². The number of nitrogens with one attached hydrogen (secondary N) is 1. The Morgan fingerprint density at radius 1 is 1.50 bits per heavy atom. The third-order valence-corrected chi connectivity index (χ3v) is 5.72. The van der Waals surface area contributed by atoms with Gasteiger partial charge in [-0.1, -0.05) is 19.8 Å². The maximum Gasteiger partial charge on any atom is 0.262 e. The first-order valence-electron chi connectivity index (χ1n) is 6.41. The van der Waals surface area contributed by atoms with Gasteiger partial charge in [-0.2, -0.15) is 9.29 Å². The van der Waals surface area contributed by atoms with Gasteiger partial charge in [-0.05, 0) is 6.42 Å². The number of aromatic nitrogens is 2. The molecule has 9 heteroatoms. The van der Waals surface area contributed by atoms with Crippen molar-refractivity contribution in [1.82, 2.24) is 13.7 Å². The van der Waals surface area contributed by atoms with E-state index in [0.29, 0.717) is 11.5 Å². The molecule has 2 rings (SSSR count). The maximum absolute atomic E-state index is 12.7. The van der Waals surface area contributed by atoms with Gasteiger partial charge in [-0.25, -0.2) is 14.3 Å². The van der Waals surface area contributed by atoms with Crippen molar-refractivity contribution in [2.45, 2.75) is 31.2 Å². The first-order valence-corrected chi connectivity index (χ1v) is 8.72. The minimum absolute atomic E-state index is 0.0928. The number of sulfonamides is 1. The number of nitrogens with two attached hydrogens (primary N) is 1. The summed E-state index contributed by atoms with van der Waals surface area (Å²) in [5, 5.41) is 1.88. The van der Waals surface area contributed by atoms with Crippen molar-refractivity contribution in [3.63, 3.8) is 0 Å². The van der Waals surface area contributed by atoms with Crippen LogP contribution in [0.1, 0.15) is 26.2 Å². The number of hydrogen-bond donors (Lipinski definition) is 2. The van der Waals surface area contributed by atoms with Crippen LogP contribution in [-0.2, 0) is 10.0 Å².